The third-order valence-electron chi connectivity index (χ3n) is 7.06. The van der Waals surface area contributed by atoms with Crippen molar-refractivity contribution in [1.29, 1.82) is 0 Å². The Labute approximate surface area is 247 Å². The molecule has 1 amide bonds. The highest BCUT2D eigenvalue weighted by Crippen LogP contribution is 2.45. The van der Waals surface area contributed by atoms with Crippen molar-refractivity contribution < 1.29 is 24.2 Å². The molecule has 0 radical (unpaired) electrons. The predicted octanol–water partition coefficient (Wildman–Crippen LogP) is 7.21. The second-order valence-electron chi connectivity index (χ2n) is 9.94. The Morgan fingerprint density at radius 1 is 0.905 bits per heavy atom. The summed E-state index contributed by atoms with van der Waals surface area (Å²) >= 11 is 1.29. The van der Waals surface area contributed by atoms with Crippen LogP contribution in [0.4, 0.5) is 5.13 Å². The number of carbonyl (C=O) groups excluding carboxylic acids is 2. The molecule has 1 atom stereocenters. The standard InChI is InChI=1S/C34H28N2O5S/c1-3-40-26-16-17-27-28(19-26)42-34(35-27)36-30(24-10-7-11-25(18-24)41-20-22-8-5-4-6-9-22)29(32(38)33(36)39)31(37)23-14-12-21(2)13-15-23/h4-19,30,37H,3,20H2,1-2H3. The maximum atomic E-state index is 13.7. The number of hydrogen-bond donors (Lipinski definition) is 1. The van der Waals surface area contributed by atoms with Crippen LogP contribution in [-0.4, -0.2) is 28.4 Å². The van der Waals surface area contributed by atoms with Crippen molar-refractivity contribution in [2.45, 2.75) is 26.5 Å². The number of thiazole rings is 1. The molecule has 0 aliphatic carbocycles. The maximum absolute atomic E-state index is 13.7. The van der Waals surface area contributed by atoms with E-state index < -0.39 is 17.7 Å². The summed E-state index contributed by atoms with van der Waals surface area (Å²) in [5.41, 5.74) is 3.76. The van der Waals surface area contributed by atoms with Gasteiger partial charge in [0.25, 0.3) is 5.78 Å². The quantitative estimate of drug-likeness (QED) is 0.119. The molecule has 8 heteroatoms. The highest BCUT2D eigenvalue weighted by molar-refractivity contribution is 7.22. The van der Waals surface area contributed by atoms with Crippen molar-refractivity contribution in [2.75, 3.05) is 11.5 Å². The van der Waals surface area contributed by atoms with Crippen molar-refractivity contribution in [2.24, 2.45) is 0 Å². The van der Waals surface area contributed by atoms with Gasteiger partial charge in [0.05, 0.1) is 28.4 Å². The fourth-order valence-corrected chi connectivity index (χ4v) is 6.00. The number of amides is 1. The van der Waals surface area contributed by atoms with E-state index in [1.165, 1.54) is 16.2 Å². The summed E-state index contributed by atoms with van der Waals surface area (Å²) in [6, 6.07) is 28.8. The van der Waals surface area contributed by atoms with Gasteiger partial charge in [-0.3, -0.25) is 14.5 Å². The monoisotopic (exact) mass is 576 g/mol. The lowest BCUT2D eigenvalue weighted by molar-refractivity contribution is -0.132. The molecule has 2 heterocycles. The zero-order chi connectivity index (χ0) is 29.2. The van der Waals surface area contributed by atoms with E-state index in [1.54, 1.807) is 18.2 Å². The van der Waals surface area contributed by atoms with E-state index in [2.05, 4.69) is 0 Å². The topological polar surface area (TPSA) is 89.0 Å². The summed E-state index contributed by atoms with van der Waals surface area (Å²) in [6.07, 6.45) is 0. The highest BCUT2D eigenvalue weighted by Gasteiger charge is 2.48. The smallest absolute Gasteiger partial charge is 0.301 e. The number of aliphatic hydroxyl groups excluding tert-OH is 1. The maximum Gasteiger partial charge on any atom is 0.301 e. The van der Waals surface area contributed by atoms with E-state index in [9.17, 15) is 14.7 Å². The molecule has 5 aromatic rings. The Hall–Kier alpha value is -4.95. The van der Waals surface area contributed by atoms with Crippen LogP contribution in [-0.2, 0) is 16.2 Å². The van der Waals surface area contributed by atoms with E-state index in [0.717, 1.165) is 15.8 Å². The van der Waals surface area contributed by atoms with E-state index in [4.69, 9.17) is 14.5 Å². The lowest BCUT2D eigenvalue weighted by Gasteiger charge is -2.23. The average Bonchev–Trinajstić information content (AvgIpc) is 3.54. The zero-order valence-electron chi connectivity index (χ0n) is 23.1. The molecule has 0 spiro atoms. The minimum Gasteiger partial charge on any atom is -0.507 e. The van der Waals surface area contributed by atoms with Crippen LogP contribution in [0.15, 0.2) is 103 Å². The second-order valence-corrected chi connectivity index (χ2v) is 10.9. The van der Waals surface area contributed by atoms with Crippen molar-refractivity contribution in [3.63, 3.8) is 0 Å². The van der Waals surface area contributed by atoms with Crippen LogP contribution >= 0.6 is 11.3 Å². The zero-order valence-corrected chi connectivity index (χ0v) is 23.9. The number of hydrogen-bond acceptors (Lipinski definition) is 7. The van der Waals surface area contributed by atoms with Crippen molar-refractivity contribution in [3.8, 4) is 11.5 Å². The number of nitrogens with zero attached hydrogens (tertiary/aromatic N) is 2. The number of ketones is 1. The number of Topliss-reactive ketones (excluding diaryl/α,β-unsaturated/α-hetero) is 1. The van der Waals surface area contributed by atoms with Crippen LogP contribution in [0.2, 0.25) is 0 Å². The van der Waals surface area contributed by atoms with Crippen LogP contribution in [0.1, 0.15) is 35.2 Å². The molecular weight excluding hydrogens is 548 g/mol. The highest BCUT2D eigenvalue weighted by atomic mass is 32.1. The number of aryl methyl sites for hydroxylation is 1. The molecular formula is C34H28N2O5S. The van der Waals surface area contributed by atoms with Gasteiger partial charge in [-0.05, 0) is 55.3 Å². The fourth-order valence-electron chi connectivity index (χ4n) is 4.98. The molecule has 210 valence electrons. The van der Waals surface area contributed by atoms with Gasteiger partial charge in [-0.15, -0.1) is 0 Å². The number of aromatic nitrogens is 1. The molecule has 1 N–H and O–H groups in total. The lowest BCUT2D eigenvalue weighted by atomic mass is 9.95. The molecule has 1 unspecified atom stereocenters. The predicted molar refractivity (Wildman–Crippen MR) is 164 cm³/mol. The van der Waals surface area contributed by atoms with Crippen molar-refractivity contribution in [3.05, 3.63) is 125 Å². The minimum atomic E-state index is -0.918. The van der Waals surface area contributed by atoms with Crippen LogP contribution in [0, 0.1) is 6.92 Å². The molecule has 0 bridgehead atoms. The third-order valence-corrected chi connectivity index (χ3v) is 8.07. The Bertz CT molecular complexity index is 1810. The van der Waals surface area contributed by atoms with E-state index in [1.807, 2.05) is 92.7 Å². The van der Waals surface area contributed by atoms with Crippen LogP contribution in [0.5, 0.6) is 11.5 Å². The first-order valence-electron chi connectivity index (χ1n) is 13.6. The first-order chi connectivity index (χ1) is 20.4. The normalized spacial score (nSPS) is 16.2. The molecule has 4 aromatic carbocycles. The molecule has 1 fully saturated rings. The summed E-state index contributed by atoms with van der Waals surface area (Å²) in [5.74, 6) is -0.503. The molecule has 6 rings (SSSR count). The van der Waals surface area contributed by atoms with Gasteiger partial charge in [-0.2, -0.15) is 0 Å². The van der Waals surface area contributed by atoms with Gasteiger partial charge in [0.1, 0.15) is 23.9 Å². The van der Waals surface area contributed by atoms with Gasteiger partial charge < -0.3 is 14.6 Å². The molecule has 7 nitrogen and oxygen atoms in total. The summed E-state index contributed by atoms with van der Waals surface area (Å²) in [7, 11) is 0. The van der Waals surface area contributed by atoms with Gasteiger partial charge in [-0.25, -0.2) is 4.98 Å². The Morgan fingerprint density at radius 2 is 1.67 bits per heavy atom. The Kier molecular flexibility index (Phi) is 7.46. The number of fused-ring (bicyclic) bond motifs is 1. The van der Waals surface area contributed by atoms with Gasteiger partial charge in [0.15, 0.2) is 5.13 Å². The van der Waals surface area contributed by atoms with Gasteiger partial charge >= 0.3 is 5.91 Å². The number of carbonyl (C=O) groups is 2. The first-order valence-corrected chi connectivity index (χ1v) is 14.4. The number of benzene rings is 4. The number of ether oxygens (including phenoxy) is 2. The van der Waals surface area contributed by atoms with Gasteiger partial charge in [-0.1, -0.05) is 83.6 Å². The van der Waals surface area contributed by atoms with Gasteiger partial charge in [0, 0.05) is 5.56 Å². The number of anilines is 1. The first kappa shape index (κ1) is 27.2. The van der Waals surface area contributed by atoms with E-state index in [-0.39, 0.29) is 11.3 Å². The summed E-state index contributed by atoms with van der Waals surface area (Å²) in [4.78, 5) is 33.4. The Morgan fingerprint density at radius 3 is 2.43 bits per heavy atom. The van der Waals surface area contributed by atoms with Crippen LogP contribution < -0.4 is 14.4 Å². The van der Waals surface area contributed by atoms with Gasteiger partial charge in [0.2, 0.25) is 0 Å². The van der Waals surface area contributed by atoms with Crippen LogP contribution in [0.25, 0.3) is 16.0 Å². The number of aliphatic hydroxyl groups is 1. The Balaban J connectivity index is 1.46. The molecule has 42 heavy (non-hydrogen) atoms. The fraction of sp³-hybridized carbons (Fsp3) is 0.147. The largest absolute Gasteiger partial charge is 0.507 e. The second kappa shape index (κ2) is 11.5. The van der Waals surface area contributed by atoms with E-state index >= 15 is 0 Å². The van der Waals surface area contributed by atoms with Crippen LogP contribution in [0.3, 0.4) is 0 Å². The molecule has 0 saturated carbocycles. The molecule has 1 aliphatic rings. The lowest BCUT2D eigenvalue weighted by Crippen LogP contribution is -2.29. The SMILES string of the molecule is CCOc1ccc2nc(N3C(=O)C(=O)C(=C(O)c4ccc(C)cc4)C3c3cccc(OCc4ccccc4)c3)sc2c1. The third kappa shape index (κ3) is 5.24. The molecule has 1 aliphatic heterocycles. The summed E-state index contributed by atoms with van der Waals surface area (Å²) in [6.45, 7) is 4.72. The molecule has 1 aromatic heterocycles. The summed E-state index contributed by atoms with van der Waals surface area (Å²) < 4.78 is 12.5. The van der Waals surface area contributed by atoms with Crippen molar-refractivity contribution in [1.82, 2.24) is 4.98 Å². The average molecular weight is 577 g/mol. The molecule has 1 saturated heterocycles. The minimum absolute atomic E-state index is 0.00155. The van der Waals surface area contributed by atoms with Crippen molar-refractivity contribution >= 4 is 44.1 Å². The summed E-state index contributed by atoms with van der Waals surface area (Å²) in [5, 5.41) is 11.8. The number of rotatable bonds is 8. The van der Waals surface area contributed by atoms with E-state index in [0.29, 0.717) is 46.5 Å².